The fraction of sp³-hybridized carbons (Fsp3) is 1.00. The van der Waals surface area contributed by atoms with E-state index in [1.807, 2.05) is 0 Å². The quantitative estimate of drug-likeness (QED) is 0.706. The first-order chi connectivity index (χ1) is 7.95. The molecule has 2 fully saturated rings. The number of nitrogens with zero attached hydrogens (tertiary/aromatic N) is 1. The van der Waals surface area contributed by atoms with Gasteiger partial charge in [-0.1, -0.05) is 0 Å². The number of rotatable bonds is 6. The Balaban J connectivity index is 1.42. The van der Waals surface area contributed by atoms with Gasteiger partial charge >= 0.3 is 0 Å². The van der Waals surface area contributed by atoms with E-state index in [2.05, 4.69) is 22.0 Å². The number of hydrogen-bond donors (Lipinski definition) is 1. The van der Waals surface area contributed by atoms with Crippen LogP contribution in [0.2, 0.25) is 0 Å². The van der Waals surface area contributed by atoms with Crippen LogP contribution in [-0.2, 0) is 4.74 Å². The summed E-state index contributed by atoms with van der Waals surface area (Å²) >= 11 is 2.11. The van der Waals surface area contributed by atoms with Gasteiger partial charge in [0.25, 0.3) is 0 Å². The average Bonchev–Trinajstić information content (AvgIpc) is 2.83. The summed E-state index contributed by atoms with van der Waals surface area (Å²) in [5.74, 6) is 3.68. The molecule has 0 aliphatic carbocycles. The molecule has 1 N–H and O–H groups in total. The SMILES string of the molecule is C(CNCC1CCSC1)CN1CCOCC1. The minimum absolute atomic E-state index is 0.923. The van der Waals surface area contributed by atoms with Crippen molar-refractivity contribution >= 4 is 11.8 Å². The third kappa shape index (κ3) is 4.62. The molecule has 4 heteroatoms. The molecule has 16 heavy (non-hydrogen) atoms. The summed E-state index contributed by atoms with van der Waals surface area (Å²) in [6.07, 6.45) is 2.70. The molecule has 0 aromatic heterocycles. The fourth-order valence-corrected chi connectivity index (χ4v) is 3.59. The summed E-state index contributed by atoms with van der Waals surface area (Å²) in [7, 11) is 0. The second-order valence-electron chi connectivity index (χ2n) is 4.74. The van der Waals surface area contributed by atoms with E-state index in [0.717, 1.165) is 32.2 Å². The zero-order valence-corrected chi connectivity index (χ0v) is 10.9. The first-order valence-corrected chi connectivity index (χ1v) is 7.69. The molecule has 1 atom stereocenters. The molecule has 1 unspecified atom stereocenters. The van der Waals surface area contributed by atoms with Gasteiger partial charge in [-0.2, -0.15) is 11.8 Å². The van der Waals surface area contributed by atoms with Crippen LogP contribution in [0.1, 0.15) is 12.8 Å². The molecule has 0 spiro atoms. The lowest BCUT2D eigenvalue weighted by Gasteiger charge is -2.26. The minimum Gasteiger partial charge on any atom is -0.379 e. The van der Waals surface area contributed by atoms with Crippen molar-refractivity contribution in [3.63, 3.8) is 0 Å². The molecule has 3 nitrogen and oxygen atoms in total. The van der Waals surface area contributed by atoms with E-state index in [4.69, 9.17) is 4.74 Å². The van der Waals surface area contributed by atoms with Crippen molar-refractivity contribution in [2.45, 2.75) is 12.8 Å². The predicted octanol–water partition coefficient (Wildman–Crippen LogP) is 1.05. The van der Waals surface area contributed by atoms with Gasteiger partial charge in [0.05, 0.1) is 13.2 Å². The molecule has 2 aliphatic rings. The number of morpholine rings is 1. The largest absolute Gasteiger partial charge is 0.379 e. The summed E-state index contributed by atoms with van der Waals surface area (Å²) in [6.45, 7) is 7.74. The topological polar surface area (TPSA) is 24.5 Å². The second kappa shape index (κ2) is 7.54. The minimum atomic E-state index is 0.923. The average molecular weight is 244 g/mol. The van der Waals surface area contributed by atoms with E-state index in [9.17, 15) is 0 Å². The third-order valence-electron chi connectivity index (χ3n) is 3.39. The number of hydrogen-bond acceptors (Lipinski definition) is 4. The van der Waals surface area contributed by atoms with Crippen LogP contribution in [0.15, 0.2) is 0 Å². The lowest BCUT2D eigenvalue weighted by atomic mass is 10.1. The number of thioether (sulfide) groups is 1. The van der Waals surface area contributed by atoms with E-state index in [0.29, 0.717) is 0 Å². The van der Waals surface area contributed by atoms with E-state index < -0.39 is 0 Å². The van der Waals surface area contributed by atoms with Crippen LogP contribution in [0.4, 0.5) is 0 Å². The molecule has 2 saturated heterocycles. The summed E-state index contributed by atoms with van der Waals surface area (Å²) in [5.41, 5.74) is 0. The lowest BCUT2D eigenvalue weighted by Crippen LogP contribution is -2.38. The Kier molecular flexibility index (Phi) is 5.97. The second-order valence-corrected chi connectivity index (χ2v) is 5.89. The Morgan fingerprint density at radius 3 is 2.94 bits per heavy atom. The Bertz CT molecular complexity index is 180. The zero-order valence-electron chi connectivity index (χ0n) is 10.1. The number of ether oxygens (including phenoxy) is 1. The van der Waals surface area contributed by atoms with Crippen molar-refractivity contribution in [3.05, 3.63) is 0 Å². The molecule has 0 aromatic rings. The molecule has 0 amide bonds. The zero-order chi connectivity index (χ0) is 11.1. The fourth-order valence-electron chi connectivity index (χ4n) is 2.30. The van der Waals surface area contributed by atoms with E-state index in [1.54, 1.807) is 0 Å². The first kappa shape index (κ1) is 12.7. The summed E-state index contributed by atoms with van der Waals surface area (Å²) in [4.78, 5) is 2.51. The van der Waals surface area contributed by atoms with Gasteiger partial charge in [0.15, 0.2) is 0 Å². The van der Waals surface area contributed by atoms with Gasteiger partial charge in [-0.15, -0.1) is 0 Å². The first-order valence-electron chi connectivity index (χ1n) is 6.54. The molecule has 0 saturated carbocycles. The highest BCUT2D eigenvalue weighted by Crippen LogP contribution is 2.22. The van der Waals surface area contributed by atoms with E-state index in [-0.39, 0.29) is 0 Å². The monoisotopic (exact) mass is 244 g/mol. The van der Waals surface area contributed by atoms with Gasteiger partial charge in [-0.05, 0) is 49.9 Å². The van der Waals surface area contributed by atoms with Crippen molar-refractivity contribution in [2.75, 3.05) is 57.4 Å². The van der Waals surface area contributed by atoms with Crippen LogP contribution < -0.4 is 5.32 Å². The van der Waals surface area contributed by atoms with Gasteiger partial charge in [-0.3, -0.25) is 4.90 Å². The van der Waals surface area contributed by atoms with Gasteiger partial charge < -0.3 is 10.1 Å². The van der Waals surface area contributed by atoms with Crippen LogP contribution in [0, 0.1) is 5.92 Å². The van der Waals surface area contributed by atoms with Gasteiger partial charge in [-0.25, -0.2) is 0 Å². The predicted molar refractivity (Wildman–Crippen MR) is 70.2 cm³/mol. The Hall–Kier alpha value is 0.230. The molecule has 0 aromatic carbocycles. The normalized spacial score (nSPS) is 27.4. The molecule has 0 bridgehead atoms. The van der Waals surface area contributed by atoms with Crippen molar-refractivity contribution in [3.8, 4) is 0 Å². The highest BCUT2D eigenvalue weighted by atomic mass is 32.2. The standard InChI is InChI=1S/C12H24N2OS/c1(4-14-5-7-15-8-6-14)3-13-10-12-2-9-16-11-12/h12-13H,1-11H2. The van der Waals surface area contributed by atoms with Crippen LogP contribution in [-0.4, -0.2) is 62.3 Å². The maximum atomic E-state index is 5.34. The van der Waals surface area contributed by atoms with Crippen LogP contribution in [0.25, 0.3) is 0 Å². The molecular weight excluding hydrogens is 220 g/mol. The van der Waals surface area contributed by atoms with Crippen LogP contribution in [0.3, 0.4) is 0 Å². The molecule has 2 heterocycles. The van der Waals surface area contributed by atoms with Crippen molar-refractivity contribution in [1.29, 1.82) is 0 Å². The lowest BCUT2D eigenvalue weighted by molar-refractivity contribution is 0.0374. The third-order valence-corrected chi connectivity index (χ3v) is 4.62. The van der Waals surface area contributed by atoms with Crippen LogP contribution in [0.5, 0.6) is 0 Å². The summed E-state index contributed by atoms with van der Waals surface area (Å²) in [6, 6.07) is 0. The van der Waals surface area contributed by atoms with E-state index in [1.165, 1.54) is 44.0 Å². The highest BCUT2D eigenvalue weighted by Gasteiger charge is 2.14. The molecule has 94 valence electrons. The van der Waals surface area contributed by atoms with Gasteiger partial charge in [0.1, 0.15) is 0 Å². The van der Waals surface area contributed by atoms with Crippen molar-refractivity contribution in [2.24, 2.45) is 5.92 Å². The van der Waals surface area contributed by atoms with Gasteiger partial charge in [0.2, 0.25) is 0 Å². The molecule has 0 radical (unpaired) electrons. The molecular formula is C12H24N2OS. The van der Waals surface area contributed by atoms with Crippen molar-refractivity contribution in [1.82, 2.24) is 10.2 Å². The van der Waals surface area contributed by atoms with E-state index >= 15 is 0 Å². The maximum Gasteiger partial charge on any atom is 0.0594 e. The highest BCUT2D eigenvalue weighted by molar-refractivity contribution is 7.99. The summed E-state index contributed by atoms with van der Waals surface area (Å²) < 4.78 is 5.34. The molecule has 2 aliphatic heterocycles. The van der Waals surface area contributed by atoms with Crippen molar-refractivity contribution < 1.29 is 4.74 Å². The number of nitrogens with one attached hydrogen (secondary N) is 1. The van der Waals surface area contributed by atoms with Crippen LogP contribution >= 0.6 is 11.8 Å². The summed E-state index contributed by atoms with van der Waals surface area (Å²) in [5, 5.41) is 3.60. The Labute approximate surface area is 103 Å². The molecule has 2 rings (SSSR count). The van der Waals surface area contributed by atoms with Gasteiger partial charge in [0, 0.05) is 13.1 Å². The Morgan fingerprint density at radius 2 is 2.19 bits per heavy atom. The maximum absolute atomic E-state index is 5.34. The smallest absolute Gasteiger partial charge is 0.0594 e. The Morgan fingerprint density at radius 1 is 1.31 bits per heavy atom.